The van der Waals surface area contributed by atoms with Gasteiger partial charge in [-0.05, 0) is 61.5 Å². The largest absolute Gasteiger partial charge is 3.00 e. The van der Waals surface area contributed by atoms with Gasteiger partial charge in [-0.1, -0.05) is 24.3 Å². The normalized spacial score (nSPS) is 10.4. The number of aromatic carboxylic acids is 1. The zero-order valence-electron chi connectivity index (χ0n) is 24.1. The number of rotatable bonds is 4. The number of aryl methyl sites for hydroxylation is 1. The van der Waals surface area contributed by atoms with Crippen molar-refractivity contribution in [1.82, 2.24) is 29.7 Å². The SMILES string of the molecule is CCn1nc(C(=O)[O-])c(=O)c2cc3c(cc21)OCO3.[Cl-].[Cl-].[Ru+3].c1ccc(-c2ccccn2)nc1.c1ccc(-c2ccccn2)nc1. The Bertz CT molecular complexity index is 1740. The molecule has 46 heavy (non-hydrogen) atoms. The van der Waals surface area contributed by atoms with Gasteiger partial charge in [0, 0.05) is 37.4 Å². The smallest absolute Gasteiger partial charge is 1.00 e. The minimum Gasteiger partial charge on any atom is -1.00 e. The van der Waals surface area contributed by atoms with Crippen LogP contribution in [0.5, 0.6) is 11.5 Å². The summed E-state index contributed by atoms with van der Waals surface area (Å²) in [6.45, 7) is 2.28. The third kappa shape index (κ3) is 9.14. The van der Waals surface area contributed by atoms with Crippen molar-refractivity contribution >= 4 is 16.9 Å². The predicted molar refractivity (Wildman–Crippen MR) is 157 cm³/mol. The summed E-state index contributed by atoms with van der Waals surface area (Å²) >= 11 is 0. The maximum absolute atomic E-state index is 12.0. The number of halogens is 2. The van der Waals surface area contributed by atoms with Crippen LogP contribution in [0, 0.1) is 0 Å². The molecule has 11 nitrogen and oxygen atoms in total. The Morgan fingerprint density at radius 1 is 0.739 bits per heavy atom. The molecule has 5 aromatic heterocycles. The number of fused-ring (bicyclic) bond motifs is 2. The molecule has 0 amide bonds. The van der Waals surface area contributed by atoms with Gasteiger partial charge in [-0.25, -0.2) is 0 Å². The van der Waals surface area contributed by atoms with Crippen LogP contribution in [0.2, 0.25) is 0 Å². The van der Waals surface area contributed by atoms with E-state index in [2.05, 4.69) is 25.0 Å². The maximum atomic E-state index is 12.0. The fraction of sp³-hybridized carbons (Fsp3) is 0.0938. The molecule has 0 unspecified atom stereocenters. The van der Waals surface area contributed by atoms with E-state index in [4.69, 9.17) is 9.47 Å². The third-order valence-corrected chi connectivity index (χ3v) is 6.13. The van der Waals surface area contributed by atoms with Crippen molar-refractivity contribution in [2.75, 3.05) is 6.79 Å². The van der Waals surface area contributed by atoms with Crippen LogP contribution >= 0.6 is 0 Å². The molecule has 0 bridgehead atoms. The summed E-state index contributed by atoms with van der Waals surface area (Å²) in [6.07, 6.45) is 7.07. The standard InChI is InChI=1S/C12H10N2O5.2C10H8N2.2ClH.Ru/c1-2-14-7-4-9-8(18-5-19-9)3-6(7)11(15)10(13-14)12(16)17;2*1-3-7-11-9(5-1)10-6-2-4-8-12-10;;;/h3-4H,2,5H2,1H3,(H,16,17);2*1-8H;2*1H;/q;;;;;+3/p-3. The molecule has 1 radical (unpaired) electrons. The summed E-state index contributed by atoms with van der Waals surface area (Å²) in [5, 5.41) is 14.9. The average molecular weight is 746 g/mol. The second-order valence-corrected chi connectivity index (χ2v) is 8.86. The van der Waals surface area contributed by atoms with E-state index < -0.39 is 17.1 Å². The van der Waals surface area contributed by atoms with Gasteiger partial charge in [0.2, 0.25) is 12.2 Å². The topological polar surface area (TPSA) is 145 Å². The summed E-state index contributed by atoms with van der Waals surface area (Å²) in [7, 11) is 0. The zero-order valence-corrected chi connectivity index (χ0v) is 27.4. The van der Waals surface area contributed by atoms with Crippen LogP contribution in [-0.2, 0) is 26.0 Å². The van der Waals surface area contributed by atoms with Gasteiger partial charge in [-0.3, -0.25) is 29.4 Å². The van der Waals surface area contributed by atoms with E-state index in [-0.39, 0.29) is 56.5 Å². The molecule has 0 fully saturated rings. The van der Waals surface area contributed by atoms with Crippen LogP contribution in [0.1, 0.15) is 17.4 Å². The molecule has 0 saturated carbocycles. The van der Waals surface area contributed by atoms with Crippen LogP contribution in [-0.4, -0.2) is 42.5 Å². The monoisotopic (exact) mass is 745 g/mol. The molecule has 7 rings (SSSR count). The zero-order chi connectivity index (χ0) is 30.0. The van der Waals surface area contributed by atoms with E-state index in [9.17, 15) is 14.7 Å². The molecule has 0 N–H and O–H groups in total. The average Bonchev–Trinajstić information content (AvgIpc) is 3.54. The number of carboxylic acids is 1. The molecule has 235 valence electrons. The molecular weight excluding hydrogens is 720 g/mol. The van der Waals surface area contributed by atoms with Crippen molar-refractivity contribution in [2.45, 2.75) is 13.5 Å². The first-order valence-corrected chi connectivity index (χ1v) is 13.3. The van der Waals surface area contributed by atoms with Crippen molar-refractivity contribution in [2.24, 2.45) is 0 Å². The van der Waals surface area contributed by atoms with Crippen molar-refractivity contribution in [3.63, 3.8) is 0 Å². The molecule has 0 saturated heterocycles. The molecule has 6 heterocycles. The minimum absolute atomic E-state index is 0. The Morgan fingerprint density at radius 3 is 1.50 bits per heavy atom. The van der Waals surface area contributed by atoms with Gasteiger partial charge in [0.15, 0.2) is 17.2 Å². The van der Waals surface area contributed by atoms with Gasteiger partial charge in [0.25, 0.3) is 0 Å². The number of hydrogen-bond donors (Lipinski definition) is 0. The second-order valence-electron chi connectivity index (χ2n) is 8.86. The van der Waals surface area contributed by atoms with Gasteiger partial charge < -0.3 is 44.2 Å². The number of hydrogen-bond acceptors (Lipinski definition) is 10. The van der Waals surface area contributed by atoms with E-state index in [0.29, 0.717) is 23.6 Å². The van der Waals surface area contributed by atoms with E-state index in [1.807, 2.05) is 72.8 Å². The number of carbonyl (C=O) groups is 1. The van der Waals surface area contributed by atoms with E-state index in [1.165, 1.54) is 10.7 Å². The van der Waals surface area contributed by atoms with Crippen LogP contribution < -0.4 is 44.8 Å². The Morgan fingerprint density at radius 2 is 1.15 bits per heavy atom. The first-order valence-electron chi connectivity index (χ1n) is 13.3. The minimum atomic E-state index is -1.59. The molecule has 14 heteroatoms. The number of nitrogens with zero attached hydrogens (tertiary/aromatic N) is 6. The number of pyridine rings is 4. The van der Waals surface area contributed by atoms with E-state index in [0.717, 1.165) is 22.8 Å². The first-order chi connectivity index (χ1) is 21.0. The third-order valence-electron chi connectivity index (χ3n) is 6.13. The van der Waals surface area contributed by atoms with Gasteiger partial charge in [0.1, 0.15) is 0 Å². The molecule has 0 aliphatic carbocycles. The summed E-state index contributed by atoms with van der Waals surface area (Å²) in [6, 6.07) is 26.3. The molecule has 1 aliphatic rings. The first kappa shape index (κ1) is 37.4. The second kappa shape index (κ2) is 18.3. The van der Waals surface area contributed by atoms with Crippen LogP contribution in [0.4, 0.5) is 0 Å². The fourth-order valence-electron chi connectivity index (χ4n) is 4.11. The quantitative estimate of drug-likeness (QED) is 0.183. The predicted octanol–water partition coefficient (Wildman–Crippen LogP) is -2.20. The number of benzene rings is 1. The van der Waals surface area contributed by atoms with Crippen LogP contribution in [0.3, 0.4) is 0 Å². The van der Waals surface area contributed by atoms with Gasteiger partial charge in [-0.2, -0.15) is 5.10 Å². The van der Waals surface area contributed by atoms with Crippen molar-refractivity contribution in [3.8, 4) is 34.3 Å². The van der Waals surface area contributed by atoms with E-state index in [1.54, 1.807) is 37.8 Å². The number of carboxylic acid groups (broad SMARTS) is 1. The van der Waals surface area contributed by atoms with E-state index >= 15 is 0 Å². The Hall–Kier alpha value is -4.77. The Balaban J connectivity index is 0.000000242. The summed E-state index contributed by atoms with van der Waals surface area (Å²) < 4.78 is 11.8. The van der Waals surface area contributed by atoms with Crippen molar-refractivity contribution in [1.29, 1.82) is 0 Å². The number of aromatic nitrogens is 6. The van der Waals surface area contributed by atoms with Crippen molar-refractivity contribution in [3.05, 3.63) is 126 Å². The molecule has 6 aromatic rings. The van der Waals surface area contributed by atoms with Gasteiger partial charge >= 0.3 is 19.5 Å². The van der Waals surface area contributed by atoms with Gasteiger partial charge in [-0.15, -0.1) is 0 Å². The maximum Gasteiger partial charge on any atom is 3.00 e. The molecule has 1 aromatic carbocycles. The molecule has 0 atom stereocenters. The molecule has 0 spiro atoms. The summed E-state index contributed by atoms with van der Waals surface area (Å²) in [4.78, 5) is 39.7. The van der Waals surface area contributed by atoms with Crippen molar-refractivity contribution < 1.29 is 63.7 Å². The Labute approximate surface area is 289 Å². The van der Waals surface area contributed by atoms with Crippen LogP contribution in [0.25, 0.3) is 33.7 Å². The summed E-state index contributed by atoms with van der Waals surface area (Å²) in [5.74, 6) is -0.661. The number of ether oxygens (including phenoxy) is 2. The molecular formula is C32H25Cl2N6O5Ru. The molecule has 1 aliphatic heterocycles. The number of carbonyl (C=O) groups excluding carboxylic acids is 1. The van der Waals surface area contributed by atoms with Gasteiger partial charge in [0.05, 0.1) is 39.6 Å². The summed E-state index contributed by atoms with van der Waals surface area (Å²) in [5.41, 5.74) is 2.88. The van der Waals surface area contributed by atoms with Crippen LogP contribution in [0.15, 0.2) is 115 Å². The fourth-order valence-corrected chi connectivity index (χ4v) is 4.11. The Kier molecular flexibility index (Phi) is 14.9.